The zero-order valence-corrected chi connectivity index (χ0v) is 19.7. The molecule has 10 nitrogen and oxygen atoms in total. The Morgan fingerprint density at radius 3 is 2.67 bits per heavy atom. The summed E-state index contributed by atoms with van der Waals surface area (Å²) in [5.74, 6) is 0.359. The molecule has 3 aliphatic rings. The van der Waals surface area contributed by atoms with Crippen molar-refractivity contribution in [3.63, 3.8) is 0 Å². The number of ether oxygens (including phenoxy) is 1. The van der Waals surface area contributed by atoms with E-state index in [9.17, 15) is 18.0 Å². The van der Waals surface area contributed by atoms with E-state index in [1.54, 1.807) is 31.4 Å². The summed E-state index contributed by atoms with van der Waals surface area (Å²) in [6.45, 7) is 4.46. The van der Waals surface area contributed by atoms with Crippen molar-refractivity contribution in [1.29, 1.82) is 0 Å². The van der Waals surface area contributed by atoms with Crippen molar-refractivity contribution in [2.24, 2.45) is 4.40 Å². The van der Waals surface area contributed by atoms with Gasteiger partial charge in [0.25, 0.3) is 10.0 Å². The highest BCUT2D eigenvalue weighted by Crippen LogP contribution is 2.31. The van der Waals surface area contributed by atoms with Crippen molar-refractivity contribution in [3.8, 4) is 0 Å². The zero-order chi connectivity index (χ0) is 23.4. The number of sulfonamides is 1. The van der Waals surface area contributed by atoms with Crippen molar-refractivity contribution in [2.75, 3.05) is 59.5 Å². The standard InChI is InChI=1S/C22H31N5O5S/c1-32-15-5-9-23-20(28)16-25-11-13-26(14-12-25)22(29)18-7-4-10-27(18)21-17-6-2-3-8-19(17)33(30,31)24-21/h2-3,6,8,18H,4-5,7,9-16H2,1H3,(H,23,28)/t18-/m0/s1. The first-order valence-corrected chi connectivity index (χ1v) is 12.8. The van der Waals surface area contributed by atoms with Crippen molar-refractivity contribution < 1.29 is 22.7 Å². The molecule has 2 saturated heterocycles. The number of nitrogens with one attached hydrogen (secondary N) is 1. The lowest BCUT2D eigenvalue weighted by Crippen LogP contribution is -2.55. The molecular weight excluding hydrogens is 446 g/mol. The molecule has 0 bridgehead atoms. The molecule has 2 amide bonds. The SMILES string of the molecule is COCCCNC(=O)CN1CCN(C(=O)[C@@H]2CCCN2C2=NS(=O)(=O)c3ccccc32)CC1. The van der Waals surface area contributed by atoms with Gasteiger partial charge < -0.3 is 19.9 Å². The van der Waals surface area contributed by atoms with E-state index in [1.165, 1.54) is 0 Å². The Kier molecular flexibility index (Phi) is 7.30. The lowest BCUT2D eigenvalue weighted by molar-refractivity contribution is -0.136. The van der Waals surface area contributed by atoms with E-state index >= 15 is 0 Å². The number of hydrogen-bond acceptors (Lipinski definition) is 7. The molecule has 0 unspecified atom stereocenters. The molecule has 0 saturated carbocycles. The molecule has 2 fully saturated rings. The van der Waals surface area contributed by atoms with E-state index < -0.39 is 16.1 Å². The van der Waals surface area contributed by atoms with Crippen LogP contribution < -0.4 is 5.32 Å². The summed E-state index contributed by atoms with van der Waals surface area (Å²) in [7, 11) is -2.09. The average molecular weight is 478 g/mol. The molecule has 1 N–H and O–H groups in total. The van der Waals surface area contributed by atoms with Gasteiger partial charge >= 0.3 is 0 Å². The number of piperazine rings is 1. The number of amidine groups is 1. The quantitative estimate of drug-likeness (QED) is 0.546. The van der Waals surface area contributed by atoms with Gasteiger partial charge in [-0.2, -0.15) is 8.42 Å². The zero-order valence-electron chi connectivity index (χ0n) is 18.9. The molecule has 0 aromatic heterocycles. The molecule has 180 valence electrons. The van der Waals surface area contributed by atoms with E-state index in [4.69, 9.17) is 4.74 Å². The van der Waals surface area contributed by atoms with Crippen LogP contribution in [0.4, 0.5) is 0 Å². The van der Waals surface area contributed by atoms with Gasteiger partial charge in [-0.05, 0) is 31.4 Å². The fraction of sp³-hybridized carbons (Fsp3) is 0.591. The number of nitrogens with zero attached hydrogens (tertiary/aromatic N) is 4. The number of benzene rings is 1. The van der Waals surface area contributed by atoms with Crippen molar-refractivity contribution in [2.45, 2.75) is 30.2 Å². The number of likely N-dealkylation sites (tertiary alicyclic amines) is 1. The predicted molar refractivity (Wildman–Crippen MR) is 122 cm³/mol. The molecule has 1 aromatic rings. The first-order valence-electron chi connectivity index (χ1n) is 11.4. The third-order valence-electron chi connectivity index (χ3n) is 6.32. The van der Waals surface area contributed by atoms with Crippen LogP contribution in [0.2, 0.25) is 0 Å². The Balaban J connectivity index is 1.33. The maximum atomic E-state index is 13.3. The van der Waals surface area contributed by atoms with Crippen LogP contribution in [0.25, 0.3) is 0 Å². The van der Waals surface area contributed by atoms with Gasteiger partial charge in [0.2, 0.25) is 11.8 Å². The number of methoxy groups -OCH3 is 1. The van der Waals surface area contributed by atoms with Gasteiger partial charge in [0.05, 0.1) is 6.54 Å². The number of fused-ring (bicyclic) bond motifs is 1. The van der Waals surface area contributed by atoms with Crippen LogP contribution in [0.3, 0.4) is 0 Å². The molecule has 33 heavy (non-hydrogen) atoms. The maximum Gasteiger partial charge on any atom is 0.285 e. The molecule has 3 heterocycles. The van der Waals surface area contributed by atoms with Crippen LogP contribution in [0.1, 0.15) is 24.8 Å². The molecule has 0 spiro atoms. The van der Waals surface area contributed by atoms with Gasteiger partial charge in [-0.3, -0.25) is 14.5 Å². The molecule has 0 radical (unpaired) electrons. The Hall–Kier alpha value is -2.50. The highest BCUT2D eigenvalue weighted by Gasteiger charge is 2.41. The second-order valence-electron chi connectivity index (χ2n) is 8.54. The van der Waals surface area contributed by atoms with E-state index in [1.807, 2.05) is 14.7 Å². The normalized spacial score (nSPS) is 22.2. The van der Waals surface area contributed by atoms with Crippen LogP contribution in [0.5, 0.6) is 0 Å². The minimum atomic E-state index is -3.73. The van der Waals surface area contributed by atoms with Crippen molar-refractivity contribution in [1.82, 2.24) is 20.0 Å². The fourth-order valence-corrected chi connectivity index (χ4v) is 5.83. The average Bonchev–Trinajstić information content (AvgIpc) is 3.39. The monoisotopic (exact) mass is 477 g/mol. The summed E-state index contributed by atoms with van der Waals surface area (Å²) in [6, 6.07) is 6.36. The highest BCUT2D eigenvalue weighted by atomic mass is 32.2. The highest BCUT2D eigenvalue weighted by molar-refractivity contribution is 7.90. The van der Waals surface area contributed by atoms with Gasteiger partial charge in [-0.1, -0.05) is 12.1 Å². The van der Waals surface area contributed by atoms with Gasteiger partial charge in [-0.15, -0.1) is 4.40 Å². The molecule has 4 rings (SSSR count). The van der Waals surface area contributed by atoms with Gasteiger partial charge in [0.1, 0.15) is 10.9 Å². The lowest BCUT2D eigenvalue weighted by atomic mass is 10.1. The summed E-state index contributed by atoms with van der Waals surface area (Å²) < 4.78 is 33.9. The first-order chi connectivity index (χ1) is 15.9. The summed E-state index contributed by atoms with van der Waals surface area (Å²) in [5.41, 5.74) is 0.568. The van der Waals surface area contributed by atoms with Crippen LogP contribution >= 0.6 is 0 Å². The molecule has 0 aliphatic carbocycles. The second-order valence-corrected chi connectivity index (χ2v) is 10.1. The molecule has 11 heteroatoms. The van der Waals surface area contributed by atoms with Crippen LogP contribution in [-0.2, 0) is 24.3 Å². The van der Waals surface area contributed by atoms with Gasteiger partial charge in [-0.25, -0.2) is 0 Å². The third-order valence-corrected chi connectivity index (χ3v) is 7.65. The summed E-state index contributed by atoms with van der Waals surface area (Å²) in [4.78, 5) is 31.4. The molecule has 1 atom stereocenters. The topological polar surface area (TPSA) is 112 Å². The van der Waals surface area contributed by atoms with Crippen molar-refractivity contribution >= 4 is 27.7 Å². The second kappa shape index (κ2) is 10.2. The third kappa shape index (κ3) is 5.20. The largest absolute Gasteiger partial charge is 0.385 e. The van der Waals surface area contributed by atoms with E-state index in [0.29, 0.717) is 70.2 Å². The Morgan fingerprint density at radius 1 is 1.15 bits per heavy atom. The van der Waals surface area contributed by atoms with E-state index in [2.05, 4.69) is 9.71 Å². The Morgan fingerprint density at radius 2 is 1.91 bits per heavy atom. The van der Waals surface area contributed by atoms with Crippen LogP contribution in [0.15, 0.2) is 33.6 Å². The minimum Gasteiger partial charge on any atom is -0.385 e. The first kappa shape index (κ1) is 23.7. The molecule has 1 aromatic carbocycles. The predicted octanol–water partition coefficient (Wildman–Crippen LogP) is -0.103. The van der Waals surface area contributed by atoms with Crippen LogP contribution in [0, 0.1) is 0 Å². The minimum absolute atomic E-state index is 0.000598. The van der Waals surface area contributed by atoms with Crippen LogP contribution in [-0.4, -0.2) is 106 Å². The van der Waals surface area contributed by atoms with Gasteiger partial charge in [0, 0.05) is 58.5 Å². The molecule has 3 aliphatic heterocycles. The smallest absolute Gasteiger partial charge is 0.285 e. The number of hydrogen-bond donors (Lipinski definition) is 1. The lowest BCUT2D eigenvalue weighted by Gasteiger charge is -2.37. The Bertz CT molecular complexity index is 1020. The number of rotatable bonds is 7. The van der Waals surface area contributed by atoms with E-state index in [0.717, 1.165) is 12.8 Å². The number of carbonyl (C=O) groups excluding carboxylic acids is 2. The maximum absolute atomic E-state index is 13.3. The number of amides is 2. The number of carbonyl (C=O) groups is 2. The Labute approximate surface area is 194 Å². The van der Waals surface area contributed by atoms with Gasteiger partial charge in [0.15, 0.2) is 5.84 Å². The van der Waals surface area contributed by atoms with Crippen molar-refractivity contribution in [3.05, 3.63) is 29.8 Å². The molecular formula is C22H31N5O5S. The summed E-state index contributed by atoms with van der Waals surface area (Å²) >= 11 is 0. The summed E-state index contributed by atoms with van der Waals surface area (Å²) in [6.07, 6.45) is 2.25. The summed E-state index contributed by atoms with van der Waals surface area (Å²) in [5, 5.41) is 2.89. The fourth-order valence-electron chi connectivity index (χ4n) is 4.61. The van der Waals surface area contributed by atoms with E-state index in [-0.39, 0.29) is 16.7 Å².